The van der Waals surface area contributed by atoms with Gasteiger partial charge in [-0.25, -0.2) is 4.39 Å². The third kappa shape index (κ3) is 1.28. The molecule has 2 rings (SSSR count). The molecule has 0 unspecified atom stereocenters. The Morgan fingerprint density at radius 1 is 1.29 bits per heavy atom. The molecule has 0 radical (unpaired) electrons. The zero-order valence-electron chi connectivity index (χ0n) is 6.78. The van der Waals surface area contributed by atoms with Crippen molar-refractivity contribution in [3.63, 3.8) is 0 Å². The maximum absolute atomic E-state index is 13.2. The van der Waals surface area contributed by atoms with Crippen molar-refractivity contribution in [2.45, 2.75) is 5.88 Å². The van der Waals surface area contributed by atoms with E-state index < -0.39 is 11.6 Å². The molecule has 14 heavy (non-hydrogen) atoms. The van der Waals surface area contributed by atoms with E-state index in [2.05, 4.69) is 0 Å². The van der Waals surface area contributed by atoms with Crippen LogP contribution in [0.1, 0.15) is 5.56 Å². The van der Waals surface area contributed by atoms with Gasteiger partial charge in [-0.2, -0.15) is 4.39 Å². The van der Waals surface area contributed by atoms with Crippen LogP contribution < -0.4 is 0 Å². The molecule has 1 nitrogen and oxygen atoms in total. The number of rotatable bonds is 1. The van der Waals surface area contributed by atoms with Gasteiger partial charge in [-0.3, -0.25) is 0 Å². The van der Waals surface area contributed by atoms with Gasteiger partial charge in [0.2, 0.25) is 5.82 Å². The van der Waals surface area contributed by atoms with Gasteiger partial charge < -0.3 is 4.42 Å². The molecular weight excluding hydrogens is 233 g/mol. The van der Waals surface area contributed by atoms with Crippen LogP contribution >= 0.6 is 23.2 Å². The number of furan rings is 1. The highest BCUT2D eigenvalue weighted by atomic mass is 35.5. The first-order valence-electron chi connectivity index (χ1n) is 3.74. The highest BCUT2D eigenvalue weighted by Crippen LogP contribution is 2.30. The van der Waals surface area contributed by atoms with Crippen LogP contribution in [-0.2, 0) is 5.88 Å². The highest BCUT2D eigenvalue weighted by Gasteiger charge is 2.17. The number of halogens is 4. The normalized spacial score (nSPS) is 11.1. The number of hydrogen-bond acceptors (Lipinski definition) is 1. The van der Waals surface area contributed by atoms with Crippen molar-refractivity contribution in [2.75, 3.05) is 0 Å². The second-order valence-electron chi connectivity index (χ2n) is 2.76. The first-order valence-corrected chi connectivity index (χ1v) is 4.66. The van der Waals surface area contributed by atoms with E-state index in [1.54, 1.807) is 0 Å². The lowest BCUT2D eigenvalue weighted by atomic mass is 10.2. The van der Waals surface area contributed by atoms with Gasteiger partial charge in [0.25, 0.3) is 0 Å². The molecule has 0 aliphatic rings. The Kier molecular flexibility index (Phi) is 2.37. The molecule has 0 aliphatic heterocycles. The lowest BCUT2D eigenvalue weighted by Gasteiger charge is -1.97. The van der Waals surface area contributed by atoms with Crippen LogP contribution in [-0.4, -0.2) is 0 Å². The highest BCUT2D eigenvalue weighted by molar-refractivity contribution is 6.31. The lowest BCUT2D eigenvalue weighted by Crippen LogP contribution is -1.86. The predicted octanol–water partition coefficient (Wildman–Crippen LogP) is 4.10. The summed E-state index contributed by atoms with van der Waals surface area (Å²) < 4.78 is 31.0. The molecule has 0 amide bonds. The smallest absolute Gasteiger partial charge is 0.203 e. The van der Waals surface area contributed by atoms with Gasteiger partial charge in [0.15, 0.2) is 11.4 Å². The molecule has 0 fully saturated rings. The van der Waals surface area contributed by atoms with Gasteiger partial charge >= 0.3 is 0 Å². The van der Waals surface area contributed by atoms with Crippen LogP contribution in [0.25, 0.3) is 11.0 Å². The van der Waals surface area contributed by atoms with Crippen LogP contribution in [0.4, 0.5) is 8.78 Å². The molecule has 0 atom stereocenters. The van der Waals surface area contributed by atoms with E-state index in [0.717, 1.165) is 0 Å². The third-order valence-electron chi connectivity index (χ3n) is 1.93. The van der Waals surface area contributed by atoms with Gasteiger partial charge in [-0.05, 0) is 6.07 Å². The van der Waals surface area contributed by atoms with E-state index in [4.69, 9.17) is 27.6 Å². The zero-order chi connectivity index (χ0) is 10.3. The topological polar surface area (TPSA) is 13.1 Å². The first-order chi connectivity index (χ1) is 6.65. The fourth-order valence-corrected chi connectivity index (χ4v) is 1.63. The Labute approximate surface area is 88.2 Å². The molecule has 5 heteroatoms. The van der Waals surface area contributed by atoms with E-state index in [1.165, 1.54) is 12.3 Å². The molecule has 0 N–H and O–H groups in total. The summed E-state index contributed by atoms with van der Waals surface area (Å²) in [7, 11) is 0. The van der Waals surface area contributed by atoms with Crippen LogP contribution in [0.2, 0.25) is 5.02 Å². The van der Waals surface area contributed by atoms with Gasteiger partial charge in [0.05, 0.1) is 17.2 Å². The molecule has 0 spiro atoms. The first kappa shape index (κ1) is 9.74. The Bertz CT molecular complexity index is 493. The molecule has 0 bridgehead atoms. The minimum absolute atomic E-state index is 0.150. The second-order valence-corrected chi connectivity index (χ2v) is 3.43. The summed E-state index contributed by atoms with van der Waals surface area (Å²) in [5, 5.41) is 0.131. The SMILES string of the molecule is Fc1c(Cl)cc2c(CCl)coc2c1F. The van der Waals surface area contributed by atoms with Crippen LogP contribution in [0.3, 0.4) is 0 Å². The molecule has 1 aromatic heterocycles. The largest absolute Gasteiger partial charge is 0.461 e. The van der Waals surface area contributed by atoms with Crippen molar-refractivity contribution < 1.29 is 13.2 Å². The Hall–Kier alpha value is -0.800. The third-order valence-corrected chi connectivity index (χ3v) is 2.49. The Morgan fingerprint density at radius 3 is 2.64 bits per heavy atom. The standard InChI is InChI=1S/C9H4Cl2F2O/c10-2-4-3-14-9-5(4)1-6(11)7(12)8(9)13/h1,3H,2H2. The van der Waals surface area contributed by atoms with Gasteiger partial charge in [0.1, 0.15) is 0 Å². The molecule has 1 heterocycles. The van der Waals surface area contributed by atoms with Crippen LogP contribution in [0.5, 0.6) is 0 Å². The Morgan fingerprint density at radius 2 is 2.00 bits per heavy atom. The van der Waals surface area contributed by atoms with Crippen molar-refractivity contribution in [2.24, 2.45) is 0 Å². The predicted molar refractivity (Wildman–Crippen MR) is 50.7 cm³/mol. The summed E-state index contributed by atoms with van der Waals surface area (Å²) >= 11 is 11.1. The van der Waals surface area contributed by atoms with Crippen molar-refractivity contribution >= 4 is 34.2 Å². The van der Waals surface area contributed by atoms with Gasteiger partial charge in [-0.15, -0.1) is 11.6 Å². The molecule has 1 aromatic carbocycles. The quantitative estimate of drug-likeness (QED) is 0.537. The summed E-state index contributed by atoms with van der Waals surface area (Å²) in [6.07, 6.45) is 1.29. The lowest BCUT2D eigenvalue weighted by molar-refractivity contribution is 0.492. The molecule has 0 saturated carbocycles. The van der Waals surface area contributed by atoms with Gasteiger partial charge in [-0.1, -0.05) is 11.6 Å². The summed E-state index contributed by atoms with van der Waals surface area (Å²) in [6.45, 7) is 0. The summed E-state index contributed by atoms with van der Waals surface area (Å²) in [4.78, 5) is 0. The van der Waals surface area contributed by atoms with Crippen molar-refractivity contribution in [3.8, 4) is 0 Å². The van der Waals surface area contributed by atoms with Gasteiger partial charge in [0, 0.05) is 10.9 Å². The number of fused-ring (bicyclic) bond motifs is 1. The molecule has 74 valence electrons. The van der Waals surface area contributed by atoms with E-state index in [0.29, 0.717) is 10.9 Å². The Balaban J connectivity index is 2.86. The fourth-order valence-electron chi connectivity index (χ4n) is 1.23. The van der Waals surface area contributed by atoms with E-state index in [9.17, 15) is 8.78 Å². The average molecular weight is 237 g/mol. The van der Waals surface area contributed by atoms with E-state index in [-0.39, 0.29) is 16.5 Å². The molecule has 0 saturated heterocycles. The van der Waals surface area contributed by atoms with Crippen molar-refractivity contribution in [1.82, 2.24) is 0 Å². The minimum atomic E-state index is -1.10. The second kappa shape index (κ2) is 3.41. The summed E-state index contributed by atoms with van der Waals surface area (Å²) in [6, 6.07) is 1.30. The van der Waals surface area contributed by atoms with E-state index >= 15 is 0 Å². The molecular formula is C9H4Cl2F2O. The summed E-state index contributed by atoms with van der Waals surface area (Å²) in [5.41, 5.74) is 0.435. The average Bonchev–Trinajstić information content (AvgIpc) is 2.57. The number of benzene rings is 1. The molecule has 0 aliphatic carbocycles. The fraction of sp³-hybridized carbons (Fsp3) is 0.111. The van der Waals surface area contributed by atoms with Crippen LogP contribution in [0, 0.1) is 11.6 Å². The molecule has 2 aromatic rings. The number of alkyl halides is 1. The van der Waals surface area contributed by atoms with Crippen LogP contribution in [0.15, 0.2) is 16.7 Å². The van der Waals surface area contributed by atoms with Crippen molar-refractivity contribution in [1.29, 1.82) is 0 Å². The number of hydrogen-bond donors (Lipinski definition) is 0. The maximum atomic E-state index is 13.2. The minimum Gasteiger partial charge on any atom is -0.461 e. The zero-order valence-corrected chi connectivity index (χ0v) is 8.29. The summed E-state index contributed by atoms with van der Waals surface area (Å²) in [5.74, 6) is -2.02. The van der Waals surface area contributed by atoms with Crippen molar-refractivity contribution in [3.05, 3.63) is 34.6 Å². The van der Waals surface area contributed by atoms with E-state index in [1.807, 2.05) is 0 Å². The maximum Gasteiger partial charge on any atom is 0.203 e. The monoisotopic (exact) mass is 236 g/mol.